The Morgan fingerprint density at radius 3 is 2.74 bits per heavy atom. The van der Waals surface area contributed by atoms with Gasteiger partial charge >= 0.3 is 0 Å². The predicted molar refractivity (Wildman–Crippen MR) is 79.5 cm³/mol. The number of amidine groups is 1. The van der Waals surface area contributed by atoms with Gasteiger partial charge in [0.1, 0.15) is 11.5 Å². The van der Waals surface area contributed by atoms with E-state index in [-0.39, 0.29) is 5.91 Å². The van der Waals surface area contributed by atoms with Crippen LogP contribution in [0.15, 0.2) is 28.9 Å². The standard InChI is InChI=1S/C14H14Cl2N2O/c1-8(2)5-13-17-12(14(19)18-13)6-9-3-4-10(15)7-11(9)16/h3-4,6-8H,5H2,1-2H3,(H,17,18,19)/b12-6-. The van der Waals surface area contributed by atoms with Gasteiger partial charge in [-0.05, 0) is 29.7 Å². The molecule has 0 saturated heterocycles. The number of halogens is 2. The van der Waals surface area contributed by atoms with Gasteiger partial charge < -0.3 is 5.32 Å². The molecule has 3 nitrogen and oxygen atoms in total. The van der Waals surface area contributed by atoms with Gasteiger partial charge in [0.25, 0.3) is 5.91 Å². The molecule has 0 unspecified atom stereocenters. The molecule has 1 amide bonds. The largest absolute Gasteiger partial charge is 0.309 e. The van der Waals surface area contributed by atoms with E-state index < -0.39 is 0 Å². The van der Waals surface area contributed by atoms with Gasteiger partial charge in [-0.2, -0.15) is 0 Å². The van der Waals surface area contributed by atoms with Crippen molar-refractivity contribution in [3.8, 4) is 0 Å². The van der Waals surface area contributed by atoms with Gasteiger partial charge in [-0.15, -0.1) is 0 Å². The summed E-state index contributed by atoms with van der Waals surface area (Å²) in [5.41, 5.74) is 1.10. The van der Waals surface area contributed by atoms with Gasteiger partial charge in [0.2, 0.25) is 0 Å². The van der Waals surface area contributed by atoms with E-state index in [1.54, 1.807) is 24.3 Å². The van der Waals surface area contributed by atoms with Crippen LogP contribution < -0.4 is 5.32 Å². The molecule has 19 heavy (non-hydrogen) atoms. The van der Waals surface area contributed by atoms with Gasteiger partial charge in [-0.1, -0.05) is 43.1 Å². The first-order chi connectivity index (χ1) is 8.95. The van der Waals surface area contributed by atoms with Crippen LogP contribution in [0.1, 0.15) is 25.8 Å². The average molecular weight is 297 g/mol. The number of aliphatic imine (C=N–C) groups is 1. The number of hydrogen-bond donors (Lipinski definition) is 1. The molecule has 0 radical (unpaired) electrons. The summed E-state index contributed by atoms with van der Waals surface area (Å²) in [6.45, 7) is 4.15. The molecule has 0 aromatic heterocycles. The first kappa shape index (κ1) is 14.1. The second-order valence-corrected chi connectivity index (χ2v) is 5.65. The maximum atomic E-state index is 11.8. The normalized spacial score (nSPS) is 17.0. The molecule has 1 N–H and O–H groups in total. The highest BCUT2D eigenvalue weighted by molar-refractivity contribution is 6.35. The fourth-order valence-electron chi connectivity index (χ4n) is 1.77. The quantitative estimate of drug-likeness (QED) is 0.844. The topological polar surface area (TPSA) is 41.5 Å². The van der Waals surface area contributed by atoms with Crippen molar-refractivity contribution < 1.29 is 4.79 Å². The van der Waals surface area contributed by atoms with Crippen molar-refractivity contribution in [1.82, 2.24) is 5.32 Å². The SMILES string of the molecule is CC(C)CC1=N/C(=C\c2ccc(Cl)cc2Cl)C(=O)N1. The Kier molecular flexibility index (Phi) is 4.27. The Balaban J connectivity index is 2.28. The van der Waals surface area contributed by atoms with E-state index in [0.29, 0.717) is 27.5 Å². The van der Waals surface area contributed by atoms with Crippen LogP contribution in [0.4, 0.5) is 0 Å². The minimum Gasteiger partial charge on any atom is -0.309 e. The van der Waals surface area contributed by atoms with Crippen molar-refractivity contribution in [2.75, 3.05) is 0 Å². The highest BCUT2D eigenvalue weighted by Crippen LogP contribution is 2.24. The summed E-state index contributed by atoms with van der Waals surface area (Å²) in [7, 11) is 0. The summed E-state index contributed by atoms with van der Waals surface area (Å²) in [6, 6.07) is 5.13. The van der Waals surface area contributed by atoms with Crippen LogP contribution in [0.3, 0.4) is 0 Å². The molecule has 1 aliphatic heterocycles. The van der Waals surface area contributed by atoms with Crippen molar-refractivity contribution in [2.24, 2.45) is 10.9 Å². The van der Waals surface area contributed by atoms with Crippen LogP contribution >= 0.6 is 23.2 Å². The van der Waals surface area contributed by atoms with Crippen LogP contribution in [0, 0.1) is 5.92 Å². The van der Waals surface area contributed by atoms with Gasteiger partial charge in [-0.25, -0.2) is 4.99 Å². The van der Waals surface area contributed by atoms with Gasteiger partial charge in [0, 0.05) is 16.5 Å². The van der Waals surface area contributed by atoms with Crippen molar-refractivity contribution >= 4 is 41.0 Å². The van der Waals surface area contributed by atoms with E-state index in [1.165, 1.54) is 0 Å². The molecule has 1 aliphatic rings. The van der Waals surface area contributed by atoms with E-state index in [9.17, 15) is 4.79 Å². The Labute approximate surface area is 122 Å². The highest BCUT2D eigenvalue weighted by Gasteiger charge is 2.20. The molecule has 0 bridgehead atoms. The minimum atomic E-state index is -0.193. The summed E-state index contributed by atoms with van der Waals surface area (Å²) in [6.07, 6.45) is 2.42. The van der Waals surface area contributed by atoms with Gasteiger partial charge in [0.05, 0.1) is 0 Å². The Morgan fingerprint density at radius 1 is 1.37 bits per heavy atom. The summed E-state index contributed by atoms with van der Waals surface area (Å²) in [4.78, 5) is 16.1. The molecule has 1 aromatic rings. The molecule has 0 saturated carbocycles. The van der Waals surface area contributed by atoms with Crippen LogP contribution in [0.2, 0.25) is 10.0 Å². The van der Waals surface area contributed by atoms with Crippen LogP contribution in [0.5, 0.6) is 0 Å². The molecule has 0 fully saturated rings. The lowest BCUT2D eigenvalue weighted by atomic mass is 10.1. The summed E-state index contributed by atoms with van der Waals surface area (Å²) >= 11 is 11.9. The summed E-state index contributed by atoms with van der Waals surface area (Å²) in [5, 5.41) is 3.82. The zero-order valence-electron chi connectivity index (χ0n) is 10.7. The van der Waals surface area contributed by atoms with Gasteiger partial charge in [0.15, 0.2) is 0 Å². The fraction of sp³-hybridized carbons (Fsp3) is 0.286. The molecule has 5 heteroatoms. The molecule has 100 valence electrons. The second kappa shape index (κ2) is 5.76. The molecule has 1 aromatic carbocycles. The number of nitrogens with zero attached hydrogens (tertiary/aromatic N) is 1. The molecule has 0 spiro atoms. The predicted octanol–water partition coefficient (Wildman–Crippen LogP) is 3.91. The lowest BCUT2D eigenvalue weighted by molar-refractivity contribution is -0.115. The Bertz CT molecular complexity index is 577. The molecular weight excluding hydrogens is 283 g/mol. The maximum Gasteiger partial charge on any atom is 0.275 e. The Hall–Kier alpha value is -1.32. The highest BCUT2D eigenvalue weighted by atomic mass is 35.5. The number of hydrogen-bond acceptors (Lipinski definition) is 2. The van der Waals surface area contributed by atoms with Crippen molar-refractivity contribution in [1.29, 1.82) is 0 Å². The van der Waals surface area contributed by atoms with Crippen LogP contribution in [0.25, 0.3) is 6.08 Å². The smallest absolute Gasteiger partial charge is 0.275 e. The number of carbonyl (C=O) groups excluding carboxylic acids is 1. The molecular formula is C14H14Cl2N2O. The zero-order chi connectivity index (χ0) is 14.0. The third kappa shape index (κ3) is 3.58. The van der Waals surface area contributed by atoms with E-state index in [0.717, 1.165) is 12.0 Å². The van der Waals surface area contributed by atoms with Crippen LogP contribution in [-0.4, -0.2) is 11.7 Å². The lowest BCUT2D eigenvalue weighted by Crippen LogP contribution is -2.24. The zero-order valence-corrected chi connectivity index (χ0v) is 12.2. The third-order valence-electron chi connectivity index (χ3n) is 2.60. The van der Waals surface area contributed by atoms with E-state index in [2.05, 4.69) is 24.2 Å². The number of rotatable bonds is 3. The molecule has 0 aliphatic carbocycles. The molecule has 1 heterocycles. The van der Waals surface area contributed by atoms with Crippen molar-refractivity contribution in [3.63, 3.8) is 0 Å². The van der Waals surface area contributed by atoms with Crippen molar-refractivity contribution in [2.45, 2.75) is 20.3 Å². The molecule has 2 rings (SSSR count). The monoisotopic (exact) mass is 296 g/mol. The van der Waals surface area contributed by atoms with Gasteiger partial charge in [-0.3, -0.25) is 4.79 Å². The van der Waals surface area contributed by atoms with Crippen molar-refractivity contribution in [3.05, 3.63) is 39.5 Å². The number of nitrogens with one attached hydrogen (secondary N) is 1. The van der Waals surface area contributed by atoms with E-state index in [4.69, 9.17) is 23.2 Å². The van der Waals surface area contributed by atoms with E-state index in [1.807, 2.05) is 0 Å². The first-order valence-corrected chi connectivity index (χ1v) is 6.77. The third-order valence-corrected chi connectivity index (χ3v) is 3.16. The fourth-order valence-corrected chi connectivity index (χ4v) is 2.23. The first-order valence-electron chi connectivity index (χ1n) is 6.01. The van der Waals surface area contributed by atoms with Crippen LogP contribution in [-0.2, 0) is 4.79 Å². The summed E-state index contributed by atoms with van der Waals surface area (Å²) < 4.78 is 0. The summed E-state index contributed by atoms with van der Waals surface area (Å²) in [5.74, 6) is 0.954. The maximum absolute atomic E-state index is 11.8. The Morgan fingerprint density at radius 2 is 2.11 bits per heavy atom. The average Bonchev–Trinajstić information content (AvgIpc) is 2.62. The second-order valence-electron chi connectivity index (χ2n) is 4.81. The number of amides is 1. The number of benzene rings is 1. The van der Waals surface area contributed by atoms with E-state index >= 15 is 0 Å². The number of carbonyl (C=O) groups is 1. The molecule has 0 atom stereocenters. The lowest BCUT2D eigenvalue weighted by Gasteiger charge is -2.02. The minimum absolute atomic E-state index is 0.193.